The van der Waals surface area contributed by atoms with Gasteiger partial charge in [0.05, 0.1) is 4.11 Å². The lowest BCUT2D eigenvalue weighted by atomic mass is 9.88. The number of halogens is 1. The summed E-state index contributed by atoms with van der Waals surface area (Å²) >= 11 is 3.68. The molecule has 2 atom stereocenters. The van der Waals surface area contributed by atoms with Gasteiger partial charge >= 0.3 is 0 Å². The van der Waals surface area contributed by atoms with Gasteiger partial charge in [-0.05, 0) is 61.4 Å². The van der Waals surface area contributed by atoms with E-state index >= 15 is 0 Å². The number of benzene rings is 3. The Morgan fingerprint density at radius 2 is 1.48 bits per heavy atom. The zero-order valence-corrected chi connectivity index (χ0v) is 12.7. The van der Waals surface area contributed by atoms with E-state index in [1.54, 1.807) is 0 Å². The Morgan fingerprint density at radius 1 is 0.905 bits per heavy atom. The van der Waals surface area contributed by atoms with Gasteiger partial charge in [-0.2, -0.15) is 0 Å². The molecular formula is C20H15Br. The maximum absolute atomic E-state index is 8.51. The van der Waals surface area contributed by atoms with Crippen LogP contribution >= 0.6 is 15.9 Å². The number of rotatable bonds is 1. The van der Waals surface area contributed by atoms with Crippen molar-refractivity contribution < 1.29 is 6.85 Å². The Kier molecular flexibility index (Phi) is 2.10. The maximum atomic E-state index is 8.51. The van der Waals surface area contributed by atoms with E-state index < -0.39 is 12.8 Å². The number of fused-ring (bicyclic) bond motifs is 2. The van der Waals surface area contributed by atoms with Gasteiger partial charge in [0.15, 0.2) is 0 Å². The van der Waals surface area contributed by atoms with Gasteiger partial charge in [0, 0.05) is 7.21 Å². The van der Waals surface area contributed by atoms with Crippen LogP contribution in [0.5, 0.6) is 0 Å². The van der Waals surface area contributed by atoms with Crippen LogP contribution in [0, 0.1) is 0 Å². The first-order valence-corrected chi connectivity index (χ1v) is 7.55. The van der Waals surface area contributed by atoms with E-state index in [9.17, 15) is 0 Å². The SMILES string of the molecule is [2H]C1=C([2H])C([2H])C([2H])C(c2c3ccccc3c(Br)c3ccccc23)=C1[2H]. The monoisotopic (exact) mass is 339 g/mol. The molecule has 1 aliphatic rings. The van der Waals surface area contributed by atoms with Crippen LogP contribution in [0.25, 0.3) is 27.1 Å². The maximum Gasteiger partial charge on any atom is 0.0626 e. The highest BCUT2D eigenvalue weighted by Gasteiger charge is 2.15. The minimum absolute atomic E-state index is 0.129. The summed E-state index contributed by atoms with van der Waals surface area (Å²) < 4.78 is 42.0. The van der Waals surface area contributed by atoms with Crippen molar-refractivity contribution in [3.63, 3.8) is 0 Å². The van der Waals surface area contributed by atoms with Gasteiger partial charge in [-0.3, -0.25) is 0 Å². The molecule has 1 aliphatic carbocycles. The molecule has 2 unspecified atom stereocenters. The quantitative estimate of drug-likeness (QED) is 0.444. The first-order valence-electron chi connectivity index (χ1n) is 9.41. The summed E-state index contributed by atoms with van der Waals surface area (Å²) in [6.45, 7) is 0. The minimum atomic E-state index is -1.16. The second-order valence-corrected chi connectivity index (χ2v) is 5.71. The fourth-order valence-corrected chi connectivity index (χ4v) is 3.51. The summed E-state index contributed by atoms with van der Waals surface area (Å²) in [5.41, 5.74) is 1.07. The summed E-state index contributed by atoms with van der Waals surface area (Å²) in [6, 6.07) is 14.9. The summed E-state index contributed by atoms with van der Waals surface area (Å²) in [5.74, 6) is 0. The topological polar surface area (TPSA) is 0 Å². The van der Waals surface area contributed by atoms with Crippen LogP contribution in [-0.4, -0.2) is 0 Å². The highest BCUT2D eigenvalue weighted by Crippen LogP contribution is 2.40. The lowest BCUT2D eigenvalue weighted by Gasteiger charge is -2.17. The van der Waals surface area contributed by atoms with Crippen molar-refractivity contribution in [1.29, 1.82) is 0 Å². The van der Waals surface area contributed by atoms with E-state index in [1.165, 1.54) is 0 Å². The van der Waals surface area contributed by atoms with Crippen molar-refractivity contribution in [1.82, 2.24) is 0 Å². The molecule has 0 aromatic heterocycles. The summed E-state index contributed by atoms with van der Waals surface area (Å²) in [5, 5.41) is 3.68. The molecule has 0 fully saturated rings. The van der Waals surface area contributed by atoms with Gasteiger partial charge in [0.2, 0.25) is 0 Å². The second kappa shape index (κ2) is 5.16. The zero-order chi connectivity index (χ0) is 18.6. The highest BCUT2D eigenvalue weighted by atomic mass is 79.9. The molecule has 0 heterocycles. The summed E-state index contributed by atoms with van der Waals surface area (Å²) in [6.07, 6.45) is -2.23. The first-order chi connectivity index (χ1) is 12.4. The van der Waals surface area contributed by atoms with Crippen LogP contribution in [0.1, 0.15) is 25.2 Å². The predicted molar refractivity (Wildman–Crippen MR) is 95.5 cm³/mol. The van der Waals surface area contributed by atoms with Crippen molar-refractivity contribution in [2.75, 3.05) is 0 Å². The molecule has 0 nitrogen and oxygen atoms in total. The van der Waals surface area contributed by atoms with E-state index in [0.717, 1.165) is 31.6 Å². The minimum Gasteiger partial charge on any atom is -0.0842 e. The molecule has 4 rings (SSSR count). The van der Waals surface area contributed by atoms with Crippen LogP contribution in [0.3, 0.4) is 0 Å². The van der Waals surface area contributed by atoms with E-state index in [2.05, 4.69) is 15.9 Å². The molecule has 0 radical (unpaired) electrons. The van der Waals surface area contributed by atoms with E-state index in [-0.39, 0.29) is 18.2 Å². The molecule has 0 spiro atoms. The fourth-order valence-electron chi connectivity index (χ4n) is 2.82. The Balaban J connectivity index is 2.23. The van der Waals surface area contributed by atoms with E-state index in [1.807, 2.05) is 48.5 Å². The Hall–Kier alpha value is -1.86. The molecule has 0 bridgehead atoms. The molecule has 102 valence electrons. The molecule has 21 heavy (non-hydrogen) atoms. The molecule has 0 aliphatic heterocycles. The Labute approximate surface area is 139 Å². The van der Waals surface area contributed by atoms with Crippen LogP contribution in [0.2, 0.25) is 0 Å². The Morgan fingerprint density at radius 3 is 2.10 bits per heavy atom. The fraction of sp³-hybridized carbons (Fsp3) is 0.100. The van der Waals surface area contributed by atoms with E-state index in [4.69, 9.17) is 6.85 Å². The number of hydrogen-bond acceptors (Lipinski definition) is 0. The van der Waals surface area contributed by atoms with Crippen LogP contribution in [-0.2, 0) is 0 Å². The van der Waals surface area contributed by atoms with Gasteiger partial charge in [0.1, 0.15) is 0 Å². The molecular weight excluding hydrogens is 320 g/mol. The molecule has 0 saturated carbocycles. The second-order valence-electron chi connectivity index (χ2n) is 4.92. The van der Waals surface area contributed by atoms with Gasteiger partial charge < -0.3 is 0 Å². The third-order valence-corrected chi connectivity index (χ3v) is 4.59. The third kappa shape index (κ3) is 2.04. The lowest BCUT2D eigenvalue weighted by molar-refractivity contribution is 1.06. The van der Waals surface area contributed by atoms with Crippen LogP contribution < -0.4 is 0 Å². The van der Waals surface area contributed by atoms with Crippen molar-refractivity contribution >= 4 is 43.0 Å². The van der Waals surface area contributed by atoms with Gasteiger partial charge in [0.25, 0.3) is 0 Å². The largest absolute Gasteiger partial charge is 0.0842 e. The van der Waals surface area contributed by atoms with Crippen molar-refractivity contribution in [3.8, 4) is 0 Å². The van der Waals surface area contributed by atoms with Crippen LogP contribution in [0.4, 0.5) is 0 Å². The predicted octanol–water partition coefficient (Wildman–Crippen LogP) is 6.49. The average Bonchev–Trinajstić information content (AvgIpc) is 2.67. The molecule has 0 saturated heterocycles. The van der Waals surface area contributed by atoms with Gasteiger partial charge in [-0.25, -0.2) is 0 Å². The van der Waals surface area contributed by atoms with Gasteiger partial charge in [-0.15, -0.1) is 0 Å². The normalized spacial score (nSPS) is 26.4. The number of hydrogen-bond donors (Lipinski definition) is 0. The zero-order valence-electron chi connectivity index (χ0n) is 16.2. The summed E-state index contributed by atoms with van der Waals surface area (Å²) in [7, 11) is 0. The highest BCUT2D eigenvalue weighted by molar-refractivity contribution is 9.10. The molecule has 3 aromatic rings. The van der Waals surface area contributed by atoms with Crippen molar-refractivity contribution in [2.24, 2.45) is 0 Å². The molecule has 0 amide bonds. The van der Waals surface area contributed by atoms with Crippen molar-refractivity contribution in [2.45, 2.75) is 12.8 Å². The number of allylic oxidation sites excluding steroid dienone is 4. The summed E-state index contributed by atoms with van der Waals surface area (Å²) in [4.78, 5) is 0. The smallest absolute Gasteiger partial charge is 0.0626 e. The molecule has 1 heteroatoms. The molecule has 3 aromatic carbocycles. The third-order valence-electron chi connectivity index (χ3n) is 3.74. The van der Waals surface area contributed by atoms with Crippen molar-refractivity contribution in [3.05, 3.63) is 76.7 Å². The first kappa shape index (κ1) is 8.55. The Bertz CT molecular complexity index is 1060. The average molecular weight is 340 g/mol. The molecule has 0 N–H and O–H groups in total. The lowest BCUT2D eigenvalue weighted by Crippen LogP contribution is -1.93. The van der Waals surface area contributed by atoms with E-state index in [0.29, 0.717) is 5.57 Å². The van der Waals surface area contributed by atoms with Crippen LogP contribution in [0.15, 0.2) is 71.2 Å². The van der Waals surface area contributed by atoms with Gasteiger partial charge in [-0.1, -0.05) is 66.7 Å². The standard InChI is InChI=1S/C20H15Br/c21-20-17-12-6-4-10-15(17)19(14-8-2-1-3-9-14)16-11-5-7-13-18(16)20/h1-2,4-8,10-13H,3,9H2/i1D,2D,3D,8D,9D.